The van der Waals surface area contributed by atoms with E-state index in [1.54, 1.807) is 10.4 Å². The van der Waals surface area contributed by atoms with E-state index in [9.17, 15) is 22.2 Å². The lowest BCUT2D eigenvalue weighted by Gasteiger charge is -2.27. The fourth-order valence-corrected chi connectivity index (χ4v) is 3.93. The molecule has 0 aromatic heterocycles. The predicted molar refractivity (Wildman–Crippen MR) is 89.6 cm³/mol. The first kappa shape index (κ1) is 18.9. The van der Waals surface area contributed by atoms with Gasteiger partial charge in [0.15, 0.2) is 0 Å². The van der Waals surface area contributed by atoms with E-state index in [0.29, 0.717) is 18.0 Å². The van der Waals surface area contributed by atoms with Gasteiger partial charge in [-0.15, -0.1) is 13.2 Å². The summed E-state index contributed by atoms with van der Waals surface area (Å²) in [4.78, 5) is 12.3. The standard InChI is InChI=1S/C17H19F3N2O3S/c18-17(19,20)25-14-5-7-15(8-6-14)26(24)22-9-1-2-12(11-22)10-16(23)21-13-3-4-13/h5-8,10,13H,1-4,9,11H2,(H,21,23). The minimum atomic E-state index is -4.76. The summed E-state index contributed by atoms with van der Waals surface area (Å²) in [5.41, 5.74) is 0.903. The highest BCUT2D eigenvalue weighted by atomic mass is 32.2. The first-order valence-electron chi connectivity index (χ1n) is 8.33. The van der Waals surface area contributed by atoms with E-state index in [-0.39, 0.29) is 17.7 Å². The van der Waals surface area contributed by atoms with E-state index in [2.05, 4.69) is 10.1 Å². The van der Waals surface area contributed by atoms with Crippen LogP contribution in [0.4, 0.5) is 13.2 Å². The Kier molecular flexibility index (Phi) is 5.67. The quantitative estimate of drug-likeness (QED) is 0.789. The molecule has 1 aliphatic heterocycles. The molecule has 142 valence electrons. The van der Waals surface area contributed by atoms with Crippen molar-refractivity contribution >= 4 is 16.9 Å². The summed E-state index contributed by atoms with van der Waals surface area (Å²) in [6, 6.07) is 5.28. The largest absolute Gasteiger partial charge is 0.573 e. The van der Waals surface area contributed by atoms with Crippen LogP contribution in [0.3, 0.4) is 0 Å². The summed E-state index contributed by atoms with van der Waals surface area (Å²) >= 11 is 0. The molecule has 1 aromatic carbocycles. The Morgan fingerprint density at radius 1 is 1.27 bits per heavy atom. The van der Waals surface area contributed by atoms with Crippen molar-refractivity contribution in [1.29, 1.82) is 0 Å². The van der Waals surface area contributed by atoms with Gasteiger partial charge >= 0.3 is 6.36 Å². The van der Waals surface area contributed by atoms with Gasteiger partial charge in [0.25, 0.3) is 0 Å². The smallest absolute Gasteiger partial charge is 0.406 e. The van der Waals surface area contributed by atoms with Crippen molar-refractivity contribution < 1.29 is 26.9 Å². The van der Waals surface area contributed by atoms with E-state index in [1.165, 1.54) is 12.1 Å². The number of carbonyl (C=O) groups excluding carboxylic acids is 1. The molecule has 1 N–H and O–H groups in total. The van der Waals surface area contributed by atoms with Crippen molar-refractivity contribution in [1.82, 2.24) is 9.62 Å². The Hall–Kier alpha value is -1.87. The average molecular weight is 388 g/mol. The van der Waals surface area contributed by atoms with Crippen LogP contribution in [0.15, 0.2) is 40.8 Å². The number of nitrogens with zero attached hydrogens (tertiary/aromatic N) is 1. The number of amides is 1. The molecule has 1 amide bonds. The Morgan fingerprint density at radius 3 is 2.58 bits per heavy atom. The summed E-state index contributed by atoms with van der Waals surface area (Å²) in [6.07, 6.45) is 0.377. The topological polar surface area (TPSA) is 58.6 Å². The number of nitrogens with one attached hydrogen (secondary N) is 1. The van der Waals surface area contributed by atoms with Crippen LogP contribution in [-0.4, -0.2) is 39.9 Å². The molecule has 1 heterocycles. The van der Waals surface area contributed by atoms with Gasteiger partial charge in [-0.05, 0) is 55.5 Å². The van der Waals surface area contributed by atoms with E-state index in [0.717, 1.165) is 43.4 Å². The highest BCUT2D eigenvalue weighted by Crippen LogP contribution is 2.26. The number of carbonyl (C=O) groups is 1. The minimum absolute atomic E-state index is 0.121. The van der Waals surface area contributed by atoms with E-state index >= 15 is 0 Å². The number of benzene rings is 1. The number of hydrogen-bond acceptors (Lipinski definition) is 3. The number of piperidine rings is 1. The molecule has 1 aromatic rings. The Bertz CT molecular complexity index is 715. The lowest BCUT2D eigenvalue weighted by atomic mass is 10.1. The van der Waals surface area contributed by atoms with Gasteiger partial charge in [-0.3, -0.25) is 4.79 Å². The second-order valence-corrected chi connectivity index (χ2v) is 7.81. The number of rotatable bonds is 5. The second kappa shape index (κ2) is 7.79. The van der Waals surface area contributed by atoms with Crippen LogP contribution in [0.25, 0.3) is 0 Å². The van der Waals surface area contributed by atoms with Gasteiger partial charge in [0.2, 0.25) is 5.91 Å². The molecule has 1 aliphatic carbocycles. The van der Waals surface area contributed by atoms with E-state index in [1.807, 2.05) is 0 Å². The van der Waals surface area contributed by atoms with Gasteiger partial charge in [0, 0.05) is 25.2 Å². The fourth-order valence-electron chi connectivity index (χ4n) is 2.69. The molecule has 1 atom stereocenters. The molecule has 0 spiro atoms. The number of ether oxygens (including phenoxy) is 1. The van der Waals surface area contributed by atoms with Crippen LogP contribution in [0.5, 0.6) is 5.75 Å². The molecule has 2 aliphatic rings. The van der Waals surface area contributed by atoms with E-state index < -0.39 is 17.3 Å². The molecular formula is C17H19F3N2O3S. The normalized spacial score (nSPS) is 21.4. The third-order valence-electron chi connectivity index (χ3n) is 4.04. The highest BCUT2D eigenvalue weighted by Gasteiger charge is 2.31. The van der Waals surface area contributed by atoms with Crippen molar-refractivity contribution in [2.75, 3.05) is 13.1 Å². The predicted octanol–water partition coefficient (Wildman–Crippen LogP) is 2.91. The van der Waals surface area contributed by atoms with Gasteiger partial charge in [0.05, 0.1) is 4.90 Å². The zero-order chi connectivity index (χ0) is 18.7. The molecule has 1 unspecified atom stereocenters. The van der Waals surface area contributed by atoms with E-state index in [4.69, 9.17) is 0 Å². The van der Waals surface area contributed by atoms with Crippen molar-refractivity contribution in [3.63, 3.8) is 0 Å². The summed E-state index contributed by atoms with van der Waals surface area (Å²) in [5.74, 6) is -0.474. The monoisotopic (exact) mass is 388 g/mol. The number of hydrogen-bond donors (Lipinski definition) is 1. The van der Waals surface area contributed by atoms with Crippen molar-refractivity contribution in [3.05, 3.63) is 35.9 Å². The Labute approximate surface area is 151 Å². The zero-order valence-corrected chi connectivity index (χ0v) is 14.7. The summed E-state index contributed by atoms with van der Waals surface area (Å²) < 4.78 is 54.8. The molecule has 1 saturated carbocycles. The molecular weight excluding hydrogens is 369 g/mol. The first-order chi connectivity index (χ1) is 12.3. The molecule has 9 heteroatoms. The maximum atomic E-state index is 12.7. The maximum absolute atomic E-state index is 12.7. The van der Waals surface area contributed by atoms with Crippen LogP contribution >= 0.6 is 0 Å². The van der Waals surface area contributed by atoms with Crippen LogP contribution < -0.4 is 10.1 Å². The van der Waals surface area contributed by atoms with Crippen LogP contribution in [0.1, 0.15) is 25.7 Å². The van der Waals surface area contributed by atoms with Gasteiger partial charge in [0.1, 0.15) is 16.7 Å². The summed E-state index contributed by atoms with van der Waals surface area (Å²) in [7, 11) is -1.51. The van der Waals surface area contributed by atoms with Crippen molar-refractivity contribution in [3.8, 4) is 5.75 Å². The third-order valence-corrected chi connectivity index (χ3v) is 5.49. The minimum Gasteiger partial charge on any atom is -0.406 e. The maximum Gasteiger partial charge on any atom is 0.573 e. The molecule has 0 radical (unpaired) electrons. The Balaban J connectivity index is 1.61. The first-order valence-corrected chi connectivity index (χ1v) is 9.43. The number of halogens is 3. The molecule has 3 rings (SSSR count). The van der Waals surface area contributed by atoms with Gasteiger partial charge in [-0.2, -0.15) is 0 Å². The van der Waals surface area contributed by atoms with Crippen molar-refractivity contribution in [2.24, 2.45) is 0 Å². The lowest BCUT2D eigenvalue weighted by Crippen LogP contribution is -2.34. The van der Waals surface area contributed by atoms with Gasteiger partial charge in [-0.25, -0.2) is 8.51 Å². The summed E-state index contributed by atoms with van der Waals surface area (Å²) in [5, 5.41) is 2.89. The van der Waals surface area contributed by atoms with Crippen LogP contribution in [-0.2, 0) is 15.8 Å². The number of alkyl halides is 3. The molecule has 26 heavy (non-hydrogen) atoms. The van der Waals surface area contributed by atoms with Gasteiger partial charge < -0.3 is 10.1 Å². The summed E-state index contributed by atoms with van der Waals surface area (Å²) in [6.45, 7) is 0.987. The molecule has 2 fully saturated rings. The average Bonchev–Trinajstić information content (AvgIpc) is 3.37. The molecule has 0 bridgehead atoms. The second-order valence-electron chi connectivity index (χ2n) is 6.32. The third kappa shape index (κ3) is 5.57. The highest BCUT2D eigenvalue weighted by molar-refractivity contribution is 7.82. The lowest BCUT2D eigenvalue weighted by molar-refractivity contribution is -0.274. The fraction of sp³-hybridized carbons (Fsp3) is 0.471. The van der Waals surface area contributed by atoms with Gasteiger partial charge in [-0.1, -0.05) is 0 Å². The van der Waals surface area contributed by atoms with Crippen LogP contribution in [0.2, 0.25) is 0 Å². The molecule has 1 saturated heterocycles. The van der Waals surface area contributed by atoms with Crippen LogP contribution in [0, 0.1) is 0 Å². The molecule has 5 nitrogen and oxygen atoms in total. The zero-order valence-electron chi connectivity index (χ0n) is 13.9. The van der Waals surface area contributed by atoms with Crippen molar-refractivity contribution in [2.45, 2.75) is 43.0 Å². The Morgan fingerprint density at radius 2 is 1.96 bits per heavy atom. The SMILES string of the molecule is O=C(C=C1CCCN(S(=O)c2ccc(OC(F)(F)F)cc2)C1)NC1CC1.